The fourth-order valence-corrected chi connectivity index (χ4v) is 6.44. The van der Waals surface area contributed by atoms with Crippen LogP contribution in [0.2, 0.25) is 0 Å². The van der Waals surface area contributed by atoms with Crippen LogP contribution < -0.4 is 0 Å². The molecule has 1 aromatic heterocycles. The highest BCUT2D eigenvalue weighted by molar-refractivity contribution is 5.98. The van der Waals surface area contributed by atoms with Crippen LogP contribution in [0.5, 0.6) is 0 Å². The number of nitrogens with zero attached hydrogens (tertiary/aromatic N) is 5. The molecule has 5 atom stereocenters. The quantitative estimate of drug-likeness (QED) is 0.232. The summed E-state index contributed by atoms with van der Waals surface area (Å²) in [6, 6.07) is 6.44. The van der Waals surface area contributed by atoms with Crippen LogP contribution in [-0.2, 0) is 30.5 Å². The number of hydrogen-bond acceptors (Lipinski definition) is 8. The van der Waals surface area contributed by atoms with Crippen molar-refractivity contribution in [1.29, 1.82) is 0 Å². The number of carbonyl (C=O) groups excluding carboxylic acids is 3. The summed E-state index contributed by atoms with van der Waals surface area (Å²) in [4.78, 5) is 44.1. The number of rotatable bonds is 13. The molecule has 4 heterocycles. The van der Waals surface area contributed by atoms with Gasteiger partial charge in [-0.3, -0.25) is 14.4 Å². The van der Waals surface area contributed by atoms with Crippen molar-refractivity contribution >= 4 is 28.8 Å². The molecular weight excluding hydrogens is 502 g/mol. The molecule has 3 aliphatic heterocycles. The minimum Gasteiger partial charge on any atom is -0.465 e. The molecule has 3 fully saturated rings. The summed E-state index contributed by atoms with van der Waals surface area (Å²) in [7, 11) is 0. The van der Waals surface area contributed by atoms with E-state index in [-0.39, 0.29) is 44.8 Å². The SMILES string of the molecule is C=CCCCCOC(=O)[C@@H]1[C@@H]2CCC3(O2)C(C(=O)N(CC=C)Cn2nnc4ccccc42)N(CCO)C(=O)[C@H]13. The number of benzene rings is 1. The van der Waals surface area contributed by atoms with Gasteiger partial charge < -0.3 is 24.4 Å². The minimum absolute atomic E-state index is 0.0426. The molecule has 0 radical (unpaired) electrons. The third kappa shape index (κ3) is 4.63. The van der Waals surface area contributed by atoms with Gasteiger partial charge in [-0.15, -0.1) is 18.3 Å². The number of esters is 1. The Kier molecular flexibility index (Phi) is 7.81. The second-order valence-corrected chi connectivity index (χ2v) is 10.3. The lowest BCUT2D eigenvalue weighted by molar-refractivity contribution is -0.155. The summed E-state index contributed by atoms with van der Waals surface area (Å²) in [6.45, 7) is 7.68. The Bertz CT molecular complexity index is 1260. The molecule has 2 amide bonds. The number of unbranched alkanes of at least 4 members (excludes halogenated alkanes) is 2. The van der Waals surface area contributed by atoms with Crippen molar-refractivity contribution in [1.82, 2.24) is 24.8 Å². The second-order valence-electron chi connectivity index (χ2n) is 10.3. The fourth-order valence-electron chi connectivity index (χ4n) is 6.44. The van der Waals surface area contributed by atoms with E-state index < -0.39 is 35.6 Å². The van der Waals surface area contributed by atoms with Gasteiger partial charge in [0.1, 0.15) is 23.8 Å². The van der Waals surface area contributed by atoms with Gasteiger partial charge in [-0.1, -0.05) is 29.5 Å². The van der Waals surface area contributed by atoms with Crippen molar-refractivity contribution in [2.45, 2.75) is 56.5 Å². The average molecular weight is 538 g/mol. The molecule has 3 aliphatic rings. The van der Waals surface area contributed by atoms with E-state index in [1.807, 2.05) is 30.3 Å². The van der Waals surface area contributed by atoms with Crippen LogP contribution in [0.3, 0.4) is 0 Å². The van der Waals surface area contributed by atoms with Crippen LogP contribution >= 0.6 is 0 Å². The van der Waals surface area contributed by atoms with Crippen molar-refractivity contribution in [2.75, 3.05) is 26.3 Å². The maximum atomic E-state index is 14.2. The van der Waals surface area contributed by atoms with Crippen LogP contribution in [0.25, 0.3) is 11.0 Å². The molecule has 208 valence electrons. The molecule has 0 aliphatic carbocycles. The zero-order valence-corrected chi connectivity index (χ0v) is 22.0. The molecule has 11 heteroatoms. The summed E-state index contributed by atoms with van der Waals surface area (Å²) in [6.07, 6.45) is 6.34. The van der Waals surface area contributed by atoms with E-state index in [9.17, 15) is 19.5 Å². The minimum atomic E-state index is -1.16. The number of likely N-dealkylation sites (tertiary alicyclic amines) is 1. The van der Waals surface area contributed by atoms with Crippen molar-refractivity contribution in [3.63, 3.8) is 0 Å². The van der Waals surface area contributed by atoms with Gasteiger partial charge in [0.25, 0.3) is 0 Å². The van der Waals surface area contributed by atoms with E-state index >= 15 is 0 Å². The third-order valence-corrected chi connectivity index (χ3v) is 8.08. The number of aromatic nitrogens is 3. The average Bonchev–Trinajstić information content (AvgIpc) is 3.68. The Labute approximate surface area is 227 Å². The Balaban J connectivity index is 1.41. The smallest absolute Gasteiger partial charge is 0.312 e. The second kappa shape index (κ2) is 11.3. The van der Waals surface area contributed by atoms with Crippen molar-refractivity contribution in [3.8, 4) is 0 Å². The van der Waals surface area contributed by atoms with Gasteiger partial charge in [0, 0.05) is 13.1 Å². The lowest BCUT2D eigenvalue weighted by atomic mass is 9.70. The fraction of sp³-hybridized carbons (Fsp3) is 0.536. The zero-order valence-electron chi connectivity index (χ0n) is 22.0. The highest BCUT2D eigenvalue weighted by Crippen LogP contribution is 2.58. The molecule has 1 aromatic carbocycles. The predicted molar refractivity (Wildman–Crippen MR) is 141 cm³/mol. The summed E-state index contributed by atoms with van der Waals surface area (Å²) < 4.78 is 13.6. The summed E-state index contributed by atoms with van der Waals surface area (Å²) in [5.74, 6) is -2.79. The molecule has 2 unspecified atom stereocenters. The first-order valence-corrected chi connectivity index (χ1v) is 13.5. The number of hydrogen-bond donors (Lipinski definition) is 1. The molecular formula is C28H35N5O6. The van der Waals surface area contributed by atoms with Crippen molar-refractivity contribution < 1.29 is 29.0 Å². The maximum absolute atomic E-state index is 14.2. The van der Waals surface area contributed by atoms with Gasteiger partial charge in [-0.25, -0.2) is 4.68 Å². The number of fused-ring (bicyclic) bond motifs is 2. The monoisotopic (exact) mass is 537 g/mol. The highest BCUT2D eigenvalue weighted by atomic mass is 16.6. The van der Waals surface area contributed by atoms with Crippen LogP contribution in [0.15, 0.2) is 49.6 Å². The number of para-hydroxylation sites is 1. The molecule has 1 N–H and O–H groups in total. The third-order valence-electron chi connectivity index (χ3n) is 8.08. The summed E-state index contributed by atoms with van der Waals surface area (Å²) in [5, 5.41) is 18.2. The summed E-state index contributed by atoms with van der Waals surface area (Å²) >= 11 is 0. The van der Waals surface area contributed by atoms with Gasteiger partial charge in [-0.2, -0.15) is 0 Å². The molecule has 39 heavy (non-hydrogen) atoms. The Hall–Kier alpha value is -3.57. The highest BCUT2D eigenvalue weighted by Gasteiger charge is 2.75. The number of carbonyl (C=O) groups is 3. The topological polar surface area (TPSA) is 127 Å². The number of aliphatic hydroxyl groups is 1. The molecule has 5 rings (SSSR count). The molecule has 3 saturated heterocycles. The van der Waals surface area contributed by atoms with E-state index in [0.29, 0.717) is 24.8 Å². The Morgan fingerprint density at radius 1 is 1.26 bits per heavy atom. The number of allylic oxidation sites excluding steroid dienone is 1. The Morgan fingerprint density at radius 2 is 2.08 bits per heavy atom. The van der Waals surface area contributed by atoms with Crippen molar-refractivity contribution in [2.24, 2.45) is 11.8 Å². The predicted octanol–water partition coefficient (Wildman–Crippen LogP) is 1.67. The molecule has 11 nitrogen and oxygen atoms in total. The number of amides is 2. The van der Waals surface area contributed by atoms with E-state index in [0.717, 1.165) is 18.4 Å². The zero-order chi connectivity index (χ0) is 27.6. The van der Waals surface area contributed by atoms with Gasteiger partial charge in [0.15, 0.2) is 0 Å². The number of β-amino-alcohol motifs (C(OH)–C–C–N with tert-alkyl or cyclic N) is 1. The molecule has 1 spiro atoms. The normalized spacial score (nSPS) is 27.1. The number of aliphatic hydroxyl groups excluding tert-OH is 1. The van der Waals surface area contributed by atoms with Gasteiger partial charge in [0.05, 0.1) is 36.7 Å². The van der Waals surface area contributed by atoms with Gasteiger partial charge in [-0.05, 0) is 44.2 Å². The largest absolute Gasteiger partial charge is 0.465 e. The lowest BCUT2D eigenvalue weighted by Crippen LogP contribution is -2.56. The van der Waals surface area contributed by atoms with Crippen LogP contribution in [-0.4, -0.2) is 91.7 Å². The molecule has 2 bridgehead atoms. The van der Waals surface area contributed by atoms with Crippen LogP contribution in [0.1, 0.15) is 32.1 Å². The maximum Gasteiger partial charge on any atom is 0.312 e. The first-order chi connectivity index (χ1) is 19.0. The van der Waals surface area contributed by atoms with Crippen LogP contribution in [0.4, 0.5) is 0 Å². The van der Waals surface area contributed by atoms with Crippen molar-refractivity contribution in [3.05, 3.63) is 49.6 Å². The van der Waals surface area contributed by atoms with E-state index in [1.54, 1.807) is 15.7 Å². The lowest BCUT2D eigenvalue weighted by Gasteiger charge is -2.36. The van der Waals surface area contributed by atoms with Gasteiger partial charge >= 0.3 is 5.97 Å². The summed E-state index contributed by atoms with van der Waals surface area (Å²) in [5.41, 5.74) is 0.299. The van der Waals surface area contributed by atoms with E-state index in [1.165, 1.54) is 4.90 Å². The first kappa shape index (κ1) is 27.0. The Morgan fingerprint density at radius 3 is 2.85 bits per heavy atom. The molecule has 2 aromatic rings. The van der Waals surface area contributed by atoms with E-state index in [2.05, 4.69) is 23.5 Å². The van der Waals surface area contributed by atoms with Crippen LogP contribution in [0, 0.1) is 11.8 Å². The van der Waals surface area contributed by atoms with E-state index in [4.69, 9.17) is 9.47 Å². The number of ether oxygens (including phenoxy) is 2. The standard InChI is InChI=1S/C28H35N5O6/c1-3-5-6-9-17-38-27(37)22-21-12-13-28(39-21)23(22)25(35)32(15-16-34)24(28)26(36)31(14-4-2)18-33-20-11-8-7-10-19(20)29-30-33/h3-4,7-8,10-11,21-24,34H,1-2,5-6,9,12-18H2/t21-,22+,23-,24?,28?/m0/s1. The first-order valence-electron chi connectivity index (χ1n) is 13.5. The molecule has 0 saturated carbocycles. The van der Waals surface area contributed by atoms with Gasteiger partial charge in [0.2, 0.25) is 11.8 Å².